The van der Waals surface area contributed by atoms with Crippen LogP contribution in [0.3, 0.4) is 0 Å². The Balaban J connectivity index is 1.74. The van der Waals surface area contributed by atoms with Crippen LogP contribution in [-0.4, -0.2) is 16.6 Å². The molecule has 0 aliphatic rings. The number of aromatic nitrogens is 2. The van der Waals surface area contributed by atoms with Crippen molar-refractivity contribution in [2.45, 2.75) is 0 Å². The Morgan fingerprint density at radius 1 is 1.00 bits per heavy atom. The first-order valence-electron chi connectivity index (χ1n) is 6.29. The van der Waals surface area contributed by atoms with E-state index in [1.165, 1.54) is 0 Å². The number of nitrogens with zero attached hydrogens (tertiary/aromatic N) is 2. The normalized spacial score (nSPS) is 9.80. The summed E-state index contributed by atoms with van der Waals surface area (Å²) in [5, 5.41) is 1.06. The zero-order valence-corrected chi connectivity index (χ0v) is 10.8. The van der Waals surface area contributed by atoms with Crippen LogP contribution in [0.5, 0.6) is 5.75 Å². The van der Waals surface area contributed by atoms with Crippen molar-refractivity contribution in [2.24, 2.45) is 0 Å². The van der Waals surface area contributed by atoms with Gasteiger partial charge in [-0.05, 0) is 24.3 Å². The molecule has 0 unspecified atom stereocenters. The molecule has 0 N–H and O–H groups in total. The molecule has 20 heavy (non-hydrogen) atoms. The van der Waals surface area contributed by atoms with Gasteiger partial charge in [0.05, 0.1) is 0 Å². The van der Waals surface area contributed by atoms with Gasteiger partial charge in [0.25, 0.3) is 0 Å². The first kappa shape index (κ1) is 12.2. The van der Waals surface area contributed by atoms with Crippen LogP contribution >= 0.6 is 0 Å². The van der Waals surface area contributed by atoms with E-state index in [0.717, 1.165) is 22.2 Å². The Kier molecular flexibility index (Phi) is 3.57. The smallest absolute Gasteiger partial charge is 0.149 e. The quantitative estimate of drug-likeness (QED) is 0.664. The molecule has 0 amide bonds. The monoisotopic (exact) mass is 260 g/mol. The molecule has 3 rings (SSSR count). The lowest BCUT2D eigenvalue weighted by Gasteiger charge is -2.05. The van der Waals surface area contributed by atoms with Crippen molar-refractivity contribution in [3.05, 3.63) is 66.6 Å². The standard InChI is InChI=1S/C17H12N2O/c1-7-15-8-3-11-19-17(15)16(9-1)20-12-4-6-14-5-2-10-18-13-14/h1-3,5,7-11,13H,12H2. The molecular weight excluding hydrogens is 248 g/mol. The molecule has 0 aliphatic heterocycles. The minimum atomic E-state index is 0.324. The number of para-hydroxylation sites is 1. The Morgan fingerprint density at radius 2 is 1.90 bits per heavy atom. The van der Waals surface area contributed by atoms with Gasteiger partial charge in [0.15, 0.2) is 0 Å². The topological polar surface area (TPSA) is 35.0 Å². The number of pyridine rings is 2. The summed E-state index contributed by atoms with van der Waals surface area (Å²) < 4.78 is 5.68. The van der Waals surface area contributed by atoms with Crippen molar-refractivity contribution in [3.8, 4) is 17.6 Å². The number of benzene rings is 1. The molecule has 3 aromatic rings. The molecule has 0 aliphatic carbocycles. The minimum Gasteiger partial charge on any atom is -0.479 e. The number of rotatable bonds is 2. The second-order valence-corrected chi connectivity index (χ2v) is 4.16. The molecule has 96 valence electrons. The van der Waals surface area contributed by atoms with E-state index in [9.17, 15) is 0 Å². The van der Waals surface area contributed by atoms with Gasteiger partial charge in [-0.15, -0.1) is 0 Å². The highest BCUT2D eigenvalue weighted by molar-refractivity contribution is 5.84. The lowest BCUT2D eigenvalue weighted by atomic mass is 10.2. The fraction of sp³-hybridized carbons (Fsp3) is 0.0588. The number of ether oxygens (including phenoxy) is 1. The zero-order chi connectivity index (χ0) is 13.6. The van der Waals surface area contributed by atoms with Crippen molar-refractivity contribution in [1.29, 1.82) is 0 Å². The SMILES string of the molecule is C(#Cc1cccnc1)COc1cccc2cccnc12. The van der Waals surface area contributed by atoms with Gasteiger partial charge in [-0.25, -0.2) is 0 Å². The van der Waals surface area contributed by atoms with Crippen LogP contribution in [0.15, 0.2) is 61.1 Å². The second-order valence-electron chi connectivity index (χ2n) is 4.16. The molecule has 0 spiro atoms. The summed E-state index contributed by atoms with van der Waals surface area (Å²) in [5.41, 5.74) is 1.74. The maximum atomic E-state index is 5.68. The molecule has 2 aromatic heterocycles. The van der Waals surface area contributed by atoms with Crippen LogP contribution in [0.2, 0.25) is 0 Å². The predicted octanol–water partition coefficient (Wildman–Crippen LogP) is 3.06. The highest BCUT2D eigenvalue weighted by atomic mass is 16.5. The predicted molar refractivity (Wildman–Crippen MR) is 78.4 cm³/mol. The summed E-state index contributed by atoms with van der Waals surface area (Å²) >= 11 is 0. The van der Waals surface area contributed by atoms with E-state index >= 15 is 0 Å². The molecule has 0 saturated heterocycles. The van der Waals surface area contributed by atoms with E-state index in [4.69, 9.17) is 4.74 Å². The highest BCUT2D eigenvalue weighted by Gasteiger charge is 2.00. The Bertz CT molecular complexity index is 768. The molecular formula is C17H12N2O. The summed E-state index contributed by atoms with van der Waals surface area (Å²) in [6, 6.07) is 13.6. The van der Waals surface area contributed by atoms with Gasteiger partial charge in [0.2, 0.25) is 0 Å². The van der Waals surface area contributed by atoms with E-state index in [2.05, 4.69) is 21.8 Å². The summed E-state index contributed by atoms with van der Waals surface area (Å²) in [4.78, 5) is 8.34. The molecule has 0 radical (unpaired) electrons. The number of fused-ring (bicyclic) bond motifs is 1. The molecule has 0 saturated carbocycles. The molecule has 2 heterocycles. The largest absolute Gasteiger partial charge is 0.479 e. The van der Waals surface area contributed by atoms with E-state index in [1.54, 1.807) is 18.6 Å². The third kappa shape index (κ3) is 2.76. The lowest BCUT2D eigenvalue weighted by Crippen LogP contribution is -1.95. The fourth-order valence-corrected chi connectivity index (χ4v) is 1.88. The third-order valence-corrected chi connectivity index (χ3v) is 2.79. The Morgan fingerprint density at radius 3 is 2.80 bits per heavy atom. The maximum absolute atomic E-state index is 5.68. The lowest BCUT2D eigenvalue weighted by molar-refractivity contribution is 0.374. The van der Waals surface area contributed by atoms with Crippen molar-refractivity contribution >= 4 is 10.9 Å². The fourth-order valence-electron chi connectivity index (χ4n) is 1.88. The van der Waals surface area contributed by atoms with Gasteiger partial charge in [0, 0.05) is 29.5 Å². The molecule has 3 heteroatoms. The second kappa shape index (κ2) is 5.85. The molecule has 0 bridgehead atoms. The summed E-state index contributed by atoms with van der Waals surface area (Å²) in [5.74, 6) is 6.73. The van der Waals surface area contributed by atoms with Gasteiger partial charge >= 0.3 is 0 Å². The Labute approximate surface area is 117 Å². The maximum Gasteiger partial charge on any atom is 0.149 e. The summed E-state index contributed by atoms with van der Waals surface area (Å²) in [6.07, 6.45) is 5.21. The minimum absolute atomic E-state index is 0.324. The summed E-state index contributed by atoms with van der Waals surface area (Å²) in [7, 11) is 0. The Hall–Kier alpha value is -2.86. The van der Waals surface area contributed by atoms with Crippen LogP contribution in [0.25, 0.3) is 10.9 Å². The van der Waals surface area contributed by atoms with Crippen LogP contribution in [0.4, 0.5) is 0 Å². The van der Waals surface area contributed by atoms with E-state index in [1.807, 2.05) is 42.5 Å². The van der Waals surface area contributed by atoms with Crippen molar-refractivity contribution < 1.29 is 4.74 Å². The number of hydrogen-bond donors (Lipinski definition) is 0. The van der Waals surface area contributed by atoms with Crippen LogP contribution < -0.4 is 4.74 Å². The van der Waals surface area contributed by atoms with Gasteiger partial charge in [-0.3, -0.25) is 9.97 Å². The van der Waals surface area contributed by atoms with Crippen LogP contribution in [0, 0.1) is 11.8 Å². The van der Waals surface area contributed by atoms with Gasteiger partial charge in [-0.2, -0.15) is 0 Å². The van der Waals surface area contributed by atoms with Crippen LogP contribution in [-0.2, 0) is 0 Å². The molecule has 0 atom stereocenters. The van der Waals surface area contributed by atoms with Gasteiger partial charge < -0.3 is 4.74 Å². The van der Waals surface area contributed by atoms with E-state index in [0.29, 0.717) is 6.61 Å². The summed E-state index contributed by atoms with van der Waals surface area (Å²) in [6.45, 7) is 0.324. The first-order valence-corrected chi connectivity index (χ1v) is 6.29. The van der Waals surface area contributed by atoms with Gasteiger partial charge in [0.1, 0.15) is 17.9 Å². The van der Waals surface area contributed by atoms with Crippen molar-refractivity contribution in [3.63, 3.8) is 0 Å². The van der Waals surface area contributed by atoms with E-state index in [-0.39, 0.29) is 0 Å². The number of hydrogen-bond acceptors (Lipinski definition) is 3. The highest BCUT2D eigenvalue weighted by Crippen LogP contribution is 2.22. The molecule has 3 nitrogen and oxygen atoms in total. The average Bonchev–Trinajstić information content (AvgIpc) is 2.53. The molecule has 1 aromatic carbocycles. The third-order valence-electron chi connectivity index (χ3n) is 2.79. The average molecular weight is 260 g/mol. The first-order chi connectivity index (χ1) is 9.93. The van der Waals surface area contributed by atoms with Gasteiger partial charge in [-0.1, -0.05) is 30.0 Å². The van der Waals surface area contributed by atoms with E-state index < -0.39 is 0 Å². The molecule has 0 fully saturated rings. The zero-order valence-electron chi connectivity index (χ0n) is 10.8. The van der Waals surface area contributed by atoms with Crippen molar-refractivity contribution in [2.75, 3.05) is 6.61 Å². The van der Waals surface area contributed by atoms with Crippen molar-refractivity contribution in [1.82, 2.24) is 9.97 Å². The van der Waals surface area contributed by atoms with Crippen LogP contribution in [0.1, 0.15) is 5.56 Å².